The van der Waals surface area contributed by atoms with Crippen LogP contribution in [0.1, 0.15) is 4.88 Å². The average molecular weight is 414 g/mol. The predicted molar refractivity (Wildman–Crippen MR) is 103 cm³/mol. The molecule has 3 rings (SSSR count). The second-order valence-electron chi connectivity index (χ2n) is 5.10. The summed E-state index contributed by atoms with van der Waals surface area (Å²) < 4.78 is 1.79. The quantitative estimate of drug-likeness (QED) is 0.631. The minimum absolute atomic E-state index is 0.145. The maximum Gasteiger partial charge on any atom is 0.236 e. The number of carbonyl (C=O) groups excluding carboxylic acids is 1. The number of anilines is 1. The first-order valence-electron chi connectivity index (χ1n) is 7.14. The van der Waals surface area contributed by atoms with Crippen LogP contribution in [0.5, 0.6) is 0 Å². The maximum absolute atomic E-state index is 12.0. The molecule has 6 nitrogen and oxygen atoms in total. The van der Waals surface area contributed by atoms with Gasteiger partial charge in [-0.15, -0.1) is 21.5 Å². The predicted octanol–water partition coefficient (Wildman–Crippen LogP) is 4.28. The van der Waals surface area contributed by atoms with Crippen LogP contribution in [0.15, 0.2) is 29.6 Å². The van der Waals surface area contributed by atoms with Crippen LogP contribution < -0.4 is 5.32 Å². The van der Waals surface area contributed by atoms with Crippen molar-refractivity contribution < 1.29 is 4.79 Å². The number of rotatable bonds is 5. The Morgan fingerprint density at radius 3 is 2.84 bits per heavy atom. The normalized spacial score (nSPS) is 10.9. The van der Waals surface area contributed by atoms with Gasteiger partial charge in [0.2, 0.25) is 5.91 Å². The Labute approximate surface area is 162 Å². The number of aryl methyl sites for hydroxylation is 1. The van der Waals surface area contributed by atoms with E-state index in [0.29, 0.717) is 26.2 Å². The van der Waals surface area contributed by atoms with Gasteiger partial charge in [-0.25, -0.2) is 4.98 Å². The summed E-state index contributed by atoms with van der Waals surface area (Å²) in [6.45, 7) is 1.94. The summed E-state index contributed by atoms with van der Waals surface area (Å²) >= 11 is 14.9. The zero-order chi connectivity index (χ0) is 18.0. The summed E-state index contributed by atoms with van der Waals surface area (Å²) in [7, 11) is 1.82. The van der Waals surface area contributed by atoms with Gasteiger partial charge in [0.15, 0.2) is 16.1 Å². The van der Waals surface area contributed by atoms with E-state index in [1.807, 2.05) is 14.0 Å². The molecule has 2 aromatic heterocycles. The molecule has 0 saturated heterocycles. The molecule has 3 aromatic rings. The summed E-state index contributed by atoms with van der Waals surface area (Å²) in [6.07, 6.45) is 1.72. The molecule has 1 aromatic carbocycles. The number of thioether (sulfide) groups is 1. The highest BCUT2D eigenvalue weighted by atomic mass is 35.5. The molecule has 0 unspecified atom stereocenters. The fourth-order valence-corrected chi connectivity index (χ4v) is 3.93. The van der Waals surface area contributed by atoms with Gasteiger partial charge in [0.25, 0.3) is 0 Å². The number of hydrogen-bond donors (Lipinski definition) is 1. The van der Waals surface area contributed by atoms with E-state index >= 15 is 0 Å². The van der Waals surface area contributed by atoms with Crippen LogP contribution in [0.2, 0.25) is 10.0 Å². The van der Waals surface area contributed by atoms with Gasteiger partial charge in [-0.05, 0) is 25.1 Å². The monoisotopic (exact) mass is 413 g/mol. The molecule has 0 fully saturated rings. The smallest absolute Gasteiger partial charge is 0.236 e. The highest BCUT2D eigenvalue weighted by Crippen LogP contribution is 2.30. The van der Waals surface area contributed by atoms with Gasteiger partial charge in [-0.1, -0.05) is 35.0 Å². The Morgan fingerprint density at radius 1 is 1.36 bits per heavy atom. The lowest BCUT2D eigenvalue weighted by Gasteiger charge is -2.06. The number of nitrogens with zero attached hydrogens (tertiary/aromatic N) is 4. The summed E-state index contributed by atoms with van der Waals surface area (Å²) in [5, 5.41) is 13.3. The van der Waals surface area contributed by atoms with Crippen LogP contribution in [-0.4, -0.2) is 31.4 Å². The zero-order valence-corrected chi connectivity index (χ0v) is 16.4. The van der Waals surface area contributed by atoms with Gasteiger partial charge < -0.3 is 9.88 Å². The lowest BCUT2D eigenvalue weighted by Crippen LogP contribution is -2.14. The van der Waals surface area contributed by atoms with Gasteiger partial charge in [0, 0.05) is 28.7 Å². The molecule has 0 spiro atoms. The molecule has 0 atom stereocenters. The minimum Gasteiger partial charge on any atom is -0.305 e. The van der Waals surface area contributed by atoms with E-state index in [1.165, 1.54) is 23.1 Å². The summed E-state index contributed by atoms with van der Waals surface area (Å²) in [5.41, 5.74) is 0.732. The first-order valence-corrected chi connectivity index (χ1v) is 9.69. The van der Waals surface area contributed by atoms with Crippen LogP contribution in [0.4, 0.5) is 5.13 Å². The third kappa shape index (κ3) is 4.33. The van der Waals surface area contributed by atoms with E-state index in [2.05, 4.69) is 20.5 Å². The Hall–Kier alpha value is -1.61. The second-order valence-corrected chi connectivity index (χ2v) is 8.12. The van der Waals surface area contributed by atoms with E-state index in [1.54, 1.807) is 29.0 Å². The highest BCUT2D eigenvalue weighted by Gasteiger charge is 2.15. The fourth-order valence-electron chi connectivity index (χ4n) is 2.04. The molecule has 25 heavy (non-hydrogen) atoms. The topological polar surface area (TPSA) is 72.7 Å². The number of halogens is 2. The van der Waals surface area contributed by atoms with Gasteiger partial charge in [0.1, 0.15) is 0 Å². The molecule has 0 aliphatic heterocycles. The standard InChI is InChI=1S/C15H13Cl2N5OS2/c1-8-6-18-14(25-8)19-12(23)7-24-15-21-20-13(22(15)2)10-4-3-9(16)5-11(10)17/h3-6H,7H2,1-2H3,(H,18,19,23). The molecular formula is C15H13Cl2N5OS2. The molecule has 1 amide bonds. The molecule has 1 N–H and O–H groups in total. The zero-order valence-electron chi connectivity index (χ0n) is 13.3. The Morgan fingerprint density at radius 2 is 2.16 bits per heavy atom. The lowest BCUT2D eigenvalue weighted by molar-refractivity contribution is -0.113. The average Bonchev–Trinajstić information content (AvgIpc) is 3.12. The third-order valence-corrected chi connectivity index (χ3v) is 5.60. The Bertz CT molecular complexity index is 925. The highest BCUT2D eigenvalue weighted by molar-refractivity contribution is 7.99. The molecule has 0 saturated carbocycles. The van der Waals surface area contributed by atoms with Gasteiger partial charge in [-0.2, -0.15) is 0 Å². The van der Waals surface area contributed by atoms with Crippen molar-refractivity contribution in [2.45, 2.75) is 12.1 Å². The first kappa shape index (κ1) is 18.2. The van der Waals surface area contributed by atoms with E-state index < -0.39 is 0 Å². The van der Waals surface area contributed by atoms with Crippen molar-refractivity contribution in [2.24, 2.45) is 7.05 Å². The molecular weight excluding hydrogens is 401 g/mol. The van der Waals surface area contributed by atoms with Crippen molar-refractivity contribution in [2.75, 3.05) is 11.1 Å². The molecule has 0 radical (unpaired) electrons. The Kier molecular flexibility index (Phi) is 5.63. The van der Waals surface area contributed by atoms with Gasteiger partial charge in [-0.3, -0.25) is 4.79 Å². The molecule has 130 valence electrons. The molecule has 0 aliphatic rings. The van der Waals surface area contributed by atoms with E-state index in [9.17, 15) is 4.79 Å². The second kappa shape index (κ2) is 7.74. The summed E-state index contributed by atoms with van der Waals surface area (Å²) in [4.78, 5) is 17.2. The minimum atomic E-state index is -0.145. The van der Waals surface area contributed by atoms with Crippen LogP contribution in [-0.2, 0) is 11.8 Å². The fraction of sp³-hybridized carbons (Fsp3) is 0.200. The molecule has 0 aliphatic carbocycles. The van der Waals surface area contributed by atoms with Crippen molar-refractivity contribution in [3.05, 3.63) is 39.3 Å². The summed E-state index contributed by atoms with van der Waals surface area (Å²) in [6, 6.07) is 5.19. The number of nitrogens with one attached hydrogen (secondary N) is 1. The van der Waals surface area contributed by atoms with Crippen molar-refractivity contribution in [1.29, 1.82) is 0 Å². The summed E-state index contributed by atoms with van der Waals surface area (Å²) in [5.74, 6) is 0.674. The first-order chi connectivity index (χ1) is 11.9. The van der Waals surface area contributed by atoms with Gasteiger partial charge >= 0.3 is 0 Å². The van der Waals surface area contributed by atoms with Crippen molar-refractivity contribution in [3.63, 3.8) is 0 Å². The SMILES string of the molecule is Cc1cnc(NC(=O)CSc2nnc(-c3ccc(Cl)cc3Cl)n2C)s1. The number of benzene rings is 1. The largest absolute Gasteiger partial charge is 0.305 e. The van der Waals surface area contributed by atoms with E-state index in [-0.39, 0.29) is 11.7 Å². The van der Waals surface area contributed by atoms with Crippen molar-refractivity contribution in [1.82, 2.24) is 19.7 Å². The molecule has 2 heterocycles. The number of amides is 1. The number of carbonyl (C=O) groups is 1. The van der Waals surface area contributed by atoms with Gasteiger partial charge in [0.05, 0.1) is 10.8 Å². The number of hydrogen-bond acceptors (Lipinski definition) is 6. The van der Waals surface area contributed by atoms with Crippen LogP contribution in [0, 0.1) is 6.92 Å². The molecule has 10 heteroatoms. The number of thiazole rings is 1. The van der Waals surface area contributed by atoms with E-state index in [0.717, 1.165) is 10.4 Å². The third-order valence-electron chi connectivity index (χ3n) is 3.21. The van der Waals surface area contributed by atoms with Crippen molar-refractivity contribution in [3.8, 4) is 11.4 Å². The van der Waals surface area contributed by atoms with E-state index in [4.69, 9.17) is 23.2 Å². The maximum atomic E-state index is 12.0. The number of aromatic nitrogens is 4. The van der Waals surface area contributed by atoms with Crippen LogP contribution in [0.25, 0.3) is 11.4 Å². The Balaban J connectivity index is 1.68. The van der Waals surface area contributed by atoms with Crippen LogP contribution in [0.3, 0.4) is 0 Å². The van der Waals surface area contributed by atoms with Crippen molar-refractivity contribution >= 4 is 57.3 Å². The van der Waals surface area contributed by atoms with Crippen LogP contribution >= 0.6 is 46.3 Å². The lowest BCUT2D eigenvalue weighted by atomic mass is 10.2. The molecule has 0 bridgehead atoms.